The van der Waals surface area contributed by atoms with Gasteiger partial charge in [0.05, 0.1) is 17.0 Å². The van der Waals surface area contributed by atoms with Crippen molar-refractivity contribution < 1.29 is 9.53 Å². The second-order valence-corrected chi connectivity index (χ2v) is 9.14. The van der Waals surface area contributed by atoms with Crippen LogP contribution in [-0.4, -0.2) is 47.2 Å². The Morgan fingerprint density at radius 3 is 2.61 bits per heavy atom. The number of nitrogens with zero attached hydrogens (tertiary/aromatic N) is 3. The van der Waals surface area contributed by atoms with E-state index >= 15 is 0 Å². The fraction of sp³-hybridized carbons (Fsp3) is 0.259. The summed E-state index contributed by atoms with van der Waals surface area (Å²) in [5, 5.41) is 11.4. The van der Waals surface area contributed by atoms with Gasteiger partial charge in [-0.1, -0.05) is 48.5 Å². The Balaban J connectivity index is 1.42. The Morgan fingerprint density at radius 2 is 1.89 bits per heavy atom. The number of carbonyl (C=O) groups is 1. The van der Waals surface area contributed by atoms with Crippen molar-refractivity contribution in [3.8, 4) is 0 Å². The summed E-state index contributed by atoms with van der Waals surface area (Å²) < 4.78 is 5.55. The smallest absolute Gasteiger partial charge is 0.291 e. The number of benzene rings is 2. The van der Waals surface area contributed by atoms with E-state index in [9.17, 15) is 4.79 Å². The number of carbonyl (C=O) groups excluding carboxylic acids is 1. The maximum Gasteiger partial charge on any atom is 0.291 e. The van der Waals surface area contributed by atoms with Crippen LogP contribution in [0.4, 0.5) is 5.69 Å². The fourth-order valence-electron chi connectivity index (χ4n) is 4.47. The van der Waals surface area contributed by atoms with E-state index in [1.165, 1.54) is 6.42 Å². The zero-order valence-corrected chi connectivity index (χ0v) is 20.1. The predicted octanol–water partition coefficient (Wildman–Crippen LogP) is 3.10. The maximum atomic E-state index is 13.0. The highest BCUT2D eigenvalue weighted by molar-refractivity contribution is 6.19. The van der Waals surface area contributed by atoms with Crippen LogP contribution in [0, 0.1) is 5.41 Å². The van der Waals surface area contributed by atoms with E-state index in [-0.39, 0.29) is 11.9 Å². The average Bonchev–Trinajstić information content (AvgIpc) is 2.97. The van der Waals surface area contributed by atoms with Crippen LogP contribution in [0.15, 0.2) is 87.6 Å². The van der Waals surface area contributed by atoms with Crippen molar-refractivity contribution >= 4 is 29.2 Å². The number of nitrogens with two attached hydrogens (primary N) is 2. The van der Waals surface area contributed by atoms with Crippen molar-refractivity contribution in [2.45, 2.75) is 38.4 Å². The Hall–Kier alpha value is -4.40. The molecule has 1 saturated carbocycles. The van der Waals surface area contributed by atoms with Gasteiger partial charge in [-0.25, -0.2) is 4.99 Å². The van der Waals surface area contributed by atoms with Gasteiger partial charge in [-0.3, -0.25) is 10.2 Å². The molecule has 6 N–H and O–H groups in total. The summed E-state index contributed by atoms with van der Waals surface area (Å²) in [5.74, 6) is -0.670. The van der Waals surface area contributed by atoms with Crippen molar-refractivity contribution in [1.29, 1.82) is 5.41 Å². The van der Waals surface area contributed by atoms with E-state index in [2.05, 4.69) is 20.2 Å². The van der Waals surface area contributed by atoms with E-state index in [0.717, 1.165) is 36.1 Å². The highest BCUT2D eigenvalue weighted by atomic mass is 16.5. The second-order valence-electron chi connectivity index (χ2n) is 9.14. The molecule has 1 aliphatic carbocycles. The molecule has 2 aromatic carbocycles. The average molecular weight is 484 g/mol. The molecule has 1 fully saturated rings. The van der Waals surface area contributed by atoms with Crippen LogP contribution in [0.2, 0.25) is 0 Å². The number of para-hydroxylation sites is 1. The van der Waals surface area contributed by atoms with Crippen molar-refractivity contribution in [3.63, 3.8) is 0 Å². The third-order valence-corrected chi connectivity index (χ3v) is 6.68. The Morgan fingerprint density at radius 1 is 1.17 bits per heavy atom. The normalized spacial score (nSPS) is 20.5. The van der Waals surface area contributed by atoms with Gasteiger partial charge >= 0.3 is 0 Å². The summed E-state index contributed by atoms with van der Waals surface area (Å²) in [6.07, 6.45) is 4.12. The summed E-state index contributed by atoms with van der Waals surface area (Å²) in [7, 11) is 0. The first-order valence-electron chi connectivity index (χ1n) is 12.0. The molecule has 9 nitrogen and oxygen atoms in total. The molecule has 0 radical (unpaired) electrons. The van der Waals surface area contributed by atoms with Gasteiger partial charge in [-0.2, -0.15) is 4.99 Å². The molecule has 0 bridgehead atoms. The first-order chi connectivity index (χ1) is 17.4. The summed E-state index contributed by atoms with van der Waals surface area (Å²) in [5.41, 5.74) is 17.1. The zero-order valence-electron chi connectivity index (χ0n) is 20.1. The minimum Gasteiger partial charge on any atom is -0.407 e. The number of benzodiazepines with no additional fused rings is 1. The van der Waals surface area contributed by atoms with Crippen molar-refractivity contribution in [2.75, 3.05) is 11.9 Å². The van der Waals surface area contributed by atoms with E-state index in [1.54, 1.807) is 0 Å². The first-order valence-corrected chi connectivity index (χ1v) is 12.0. The molecule has 184 valence electrons. The number of aliphatic imine (C=N–C) groups is 2. The lowest BCUT2D eigenvalue weighted by Gasteiger charge is -2.39. The number of nitrogens with one attached hydrogen (secondary N) is 2. The number of hydrogen-bond acceptors (Lipinski definition) is 7. The van der Waals surface area contributed by atoms with Gasteiger partial charge in [-0.15, -0.1) is 0 Å². The van der Waals surface area contributed by atoms with E-state index in [4.69, 9.17) is 21.6 Å². The van der Waals surface area contributed by atoms with Crippen LogP contribution in [0.5, 0.6) is 0 Å². The molecule has 0 aromatic heterocycles. The van der Waals surface area contributed by atoms with Crippen LogP contribution < -0.4 is 16.8 Å². The fourth-order valence-corrected chi connectivity index (χ4v) is 4.47. The van der Waals surface area contributed by atoms with E-state index < -0.39 is 12.1 Å². The molecule has 9 heteroatoms. The van der Waals surface area contributed by atoms with Gasteiger partial charge in [0.1, 0.15) is 0 Å². The van der Waals surface area contributed by atoms with Crippen molar-refractivity contribution in [2.24, 2.45) is 21.5 Å². The number of fused-ring (bicyclic) bond motifs is 1. The second kappa shape index (κ2) is 9.69. The molecule has 2 aromatic rings. The van der Waals surface area contributed by atoms with Crippen LogP contribution >= 0.6 is 0 Å². The molecule has 1 amide bonds. The predicted molar refractivity (Wildman–Crippen MR) is 141 cm³/mol. The van der Waals surface area contributed by atoms with Crippen molar-refractivity contribution in [1.82, 2.24) is 4.90 Å². The first kappa shape index (κ1) is 23.3. The van der Waals surface area contributed by atoms with Gasteiger partial charge in [0.2, 0.25) is 12.1 Å². The highest BCUT2D eigenvalue weighted by Gasteiger charge is 2.29. The van der Waals surface area contributed by atoms with Crippen LogP contribution in [0.1, 0.15) is 37.3 Å². The lowest BCUT2D eigenvalue weighted by molar-refractivity contribution is -0.117. The summed E-state index contributed by atoms with van der Waals surface area (Å²) >= 11 is 0. The molecule has 1 unspecified atom stereocenters. The molecular weight excluding hydrogens is 454 g/mol. The third-order valence-electron chi connectivity index (χ3n) is 6.68. The van der Waals surface area contributed by atoms with Crippen LogP contribution in [0.3, 0.4) is 0 Å². The van der Waals surface area contributed by atoms with Gasteiger partial charge in [0, 0.05) is 35.6 Å². The van der Waals surface area contributed by atoms with Gasteiger partial charge in [0.25, 0.3) is 11.9 Å². The SMILES string of the molecule is CC1=C(N)C(C(=N)OC(N)=NC2N=C(c3ccccc3)c3ccccc3NC2=O)=CN(C2CCC2)C1. The molecule has 2 aliphatic heterocycles. The van der Waals surface area contributed by atoms with Gasteiger partial charge in [0.15, 0.2) is 0 Å². The molecule has 1 atom stereocenters. The molecule has 2 heterocycles. The lowest BCUT2D eigenvalue weighted by atomic mass is 9.90. The third kappa shape index (κ3) is 4.59. The quantitative estimate of drug-likeness (QED) is 0.390. The number of anilines is 1. The molecule has 0 saturated heterocycles. The number of amidine groups is 1. The Kier molecular flexibility index (Phi) is 6.28. The number of rotatable bonds is 4. The number of amides is 1. The number of hydrogen-bond donors (Lipinski definition) is 4. The minimum absolute atomic E-state index is 0.221. The summed E-state index contributed by atoms with van der Waals surface area (Å²) in [6.45, 7) is 2.68. The largest absolute Gasteiger partial charge is 0.407 e. The van der Waals surface area contributed by atoms with E-state index in [0.29, 0.717) is 28.7 Å². The van der Waals surface area contributed by atoms with Gasteiger partial charge in [-0.05, 0) is 37.8 Å². The summed E-state index contributed by atoms with van der Waals surface area (Å²) in [6, 6.07) is 17.1. The molecule has 3 aliphatic rings. The highest BCUT2D eigenvalue weighted by Crippen LogP contribution is 2.30. The minimum atomic E-state index is -1.19. The molecule has 5 rings (SSSR count). The Labute approximate surface area is 209 Å². The number of ether oxygens (including phenoxy) is 1. The van der Waals surface area contributed by atoms with Crippen LogP contribution in [0.25, 0.3) is 0 Å². The molecule has 0 spiro atoms. The monoisotopic (exact) mass is 483 g/mol. The molecular formula is C27H29N7O2. The van der Waals surface area contributed by atoms with Crippen molar-refractivity contribution in [3.05, 3.63) is 88.8 Å². The zero-order chi connectivity index (χ0) is 25.2. The van der Waals surface area contributed by atoms with Gasteiger partial charge < -0.3 is 26.4 Å². The standard InChI is InChI=1S/C27H29N7O2/c1-16-14-34(18-10-7-11-18)15-20(22(16)28)24(29)36-27(30)33-25-26(35)31-21-13-6-5-12-19(21)23(32-25)17-8-3-2-4-9-17/h2-6,8-9,12-13,15,18,25,29H,7,10-11,14,28H2,1H3,(H2,30,33)(H,31,35). The van der Waals surface area contributed by atoms with E-state index in [1.807, 2.05) is 67.7 Å². The Bertz CT molecular complexity index is 1320. The molecule has 36 heavy (non-hydrogen) atoms. The van der Waals surface area contributed by atoms with Crippen LogP contribution in [-0.2, 0) is 9.53 Å². The topological polar surface area (TPSA) is 142 Å². The lowest BCUT2D eigenvalue weighted by Crippen LogP contribution is -2.41. The summed E-state index contributed by atoms with van der Waals surface area (Å²) in [4.78, 5) is 24.1. The maximum absolute atomic E-state index is 13.0.